The first-order valence-corrected chi connectivity index (χ1v) is 11.3. The molecule has 1 aromatic heterocycles. The number of aryl methyl sites for hydroxylation is 1. The lowest BCUT2D eigenvalue weighted by atomic mass is 9.88. The monoisotopic (exact) mass is 403 g/mol. The summed E-state index contributed by atoms with van der Waals surface area (Å²) in [6, 6.07) is 0.247. The summed E-state index contributed by atoms with van der Waals surface area (Å²) in [5.74, 6) is 3.14. The molecule has 0 bridgehead atoms. The summed E-state index contributed by atoms with van der Waals surface area (Å²) in [4.78, 5) is 19.6. The standard InChI is InChI=1S/C21H37N7O/c1-4-5-12-22-21(23-14-19-26-25-16(2)27(19)3)24-18-11-13-28(15-18)20(29)17-9-7-6-8-10-17/h17-18H,4-15H2,1-3H3,(H2,22,23,24). The predicted octanol–water partition coefficient (Wildman–Crippen LogP) is 2.14. The fourth-order valence-electron chi connectivity index (χ4n) is 4.15. The molecule has 1 unspecified atom stereocenters. The van der Waals surface area contributed by atoms with Crippen LogP contribution in [0, 0.1) is 12.8 Å². The van der Waals surface area contributed by atoms with Crippen molar-refractivity contribution in [2.45, 2.75) is 77.8 Å². The van der Waals surface area contributed by atoms with Gasteiger partial charge in [0.05, 0.1) is 0 Å². The van der Waals surface area contributed by atoms with E-state index in [0.29, 0.717) is 12.5 Å². The molecular formula is C21H37N7O. The van der Waals surface area contributed by atoms with Crippen LogP contribution in [0.1, 0.15) is 69.9 Å². The highest BCUT2D eigenvalue weighted by Crippen LogP contribution is 2.26. The van der Waals surface area contributed by atoms with Crippen LogP contribution < -0.4 is 10.6 Å². The first-order chi connectivity index (χ1) is 14.1. The Kier molecular flexibility index (Phi) is 7.89. The molecule has 29 heavy (non-hydrogen) atoms. The molecule has 1 amide bonds. The zero-order valence-corrected chi connectivity index (χ0v) is 18.3. The summed E-state index contributed by atoms with van der Waals surface area (Å²) in [5.41, 5.74) is 0. The van der Waals surface area contributed by atoms with E-state index in [1.807, 2.05) is 18.5 Å². The maximum absolute atomic E-state index is 12.8. The molecular weight excluding hydrogens is 366 g/mol. The molecule has 1 saturated heterocycles. The van der Waals surface area contributed by atoms with E-state index in [1.54, 1.807) is 0 Å². The number of aliphatic imine (C=N–C) groups is 1. The van der Waals surface area contributed by atoms with Crippen LogP contribution in [0.2, 0.25) is 0 Å². The Morgan fingerprint density at radius 1 is 1.21 bits per heavy atom. The first kappa shape index (κ1) is 21.6. The van der Waals surface area contributed by atoms with Crippen LogP contribution in [0.4, 0.5) is 0 Å². The number of nitrogens with zero attached hydrogens (tertiary/aromatic N) is 5. The topological polar surface area (TPSA) is 87.4 Å². The molecule has 8 heteroatoms. The largest absolute Gasteiger partial charge is 0.356 e. The highest BCUT2D eigenvalue weighted by molar-refractivity contribution is 5.81. The molecule has 0 spiro atoms. The molecule has 8 nitrogen and oxygen atoms in total. The molecule has 162 valence electrons. The van der Waals surface area contributed by atoms with Crippen molar-refractivity contribution in [2.75, 3.05) is 19.6 Å². The van der Waals surface area contributed by atoms with E-state index in [0.717, 1.165) is 69.3 Å². The van der Waals surface area contributed by atoms with Crippen LogP contribution >= 0.6 is 0 Å². The number of likely N-dealkylation sites (tertiary alicyclic amines) is 1. The van der Waals surface area contributed by atoms with E-state index < -0.39 is 0 Å². The van der Waals surface area contributed by atoms with Crippen LogP contribution in [0.15, 0.2) is 4.99 Å². The van der Waals surface area contributed by atoms with E-state index >= 15 is 0 Å². The number of aromatic nitrogens is 3. The normalized spacial score (nSPS) is 20.9. The minimum atomic E-state index is 0.247. The Balaban J connectivity index is 1.56. The average Bonchev–Trinajstić information content (AvgIpc) is 3.33. The fourth-order valence-corrected chi connectivity index (χ4v) is 4.15. The molecule has 2 N–H and O–H groups in total. The lowest BCUT2D eigenvalue weighted by molar-refractivity contribution is -0.135. The van der Waals surface area contributed by atoms with Crippen molar-refractivity contribution >= 4 is 11.9 Å². The SMILES string of the molecule is CCCCNC(=NCc1nnc(C)n1C)NC1CCN(C(=O)C2CCCCC2)C1. The zero-order valence-electron chi connectivity index (χ0n) is 18.3. The second-order valence-corrected chi connectivity index (χ2v) is 8.42. The van der Waals surface area contributed by atoms with Crippen molar-refractivity contribution in [1.29, 1.82) is 0 Å². The van der Waals surface area contributed by atoms with Crippen LogP contribution in [0.25, 0.3) is 0 Å². The number of carbonyl (C=O) groups excluding carboxylic acids is 1. The van der Waals surface area contributed by atoms with Gasteiger partial charge in [0, 0.05) is 38.6 Å². The van der Waals surface area contributed by atoms with Gasteiger partial charge < -0.3 is 20.1 Å². The number of hydrogen-bond acceptors (Lipinski definition) is 4. The van der Waals surface area contributed by atoms with Gasteiger partial charge in [-0.1, -0.05) is 32.6 Å². The van der Waals surface area contributed by atoms with E-state index in [4.69, 9.17) is 4.99 Å². The Labute approximate surface area is 174 Å². The molecule has 1 aromatic rings. The molecule has 1 atom stereocenters. The number of nitrogens with one attached hydrogen (secondary N) is 2. The van der Waals surface area contributed by atoms with Crippen LogP contribution in [0.5, 0.6) is 0 Å². The van der Waals surface area contributed by atoms with Gasteiger partial charge in [-0.25, -0.2) is 4.99 Å². The van der Waals surface area contributed by atoms with Crippen molar-refractivity contribution in [2.24, 2.45) is 18.0 Å². The van der Waals surface area contributed by atoms with Crippen molar-refractivity contribution in [1.82, 2.24) is 30.3 Å². The van der Waals surface area contributed by atoms with Crippen LogP contribution in [-0.2, 0) is 18.4 Å². The third-order valence-corrected chi connectivity index (χ3v) is 6.18. The molecule has 1 aliphatic carbocycles. The first-order valence-electron chi connectivity index (χ1n) is 11.3. The number of unbranched alkanes of at least 4 members (excludes halogenated alkanes) is 1. The van der Waals surface area contributed by atoms with Gasteiger partial charge in [0.2, 0.25) is 5.91 Å². The molecule has 2 aliphatic rings. The number of carbonyl (C=O) groups is 1. The third kappa shape index (κ3) is 5.93. The average molecular weight is 404 g/mol. The summed E-state index contributed by atoms with van der Waals surface area (Å²) < 4.78 is 1.97. The summed E-state index contributed by atoms with van der Waals surface area (Å²) in [6.45, 7) is 7.10. The van der Waals surface area contributed by atoms with Crippen LogP contribution in [-0.4, -0.2) is 57.2 Å². The van der Waals surface area contributed by atoms with E-state index in [9.17, 15) is 4.79 Å². The molecule has 1 saturated carbocycles. The highest BCUT2D eigenvalue weighted by atomic mass is 16.2. The van der Waals surface area contributed by atoms with Crippen molar-refractivity contribution in [3.63, 3.8) is 0 Å². The minimum absolute atomic E-state index is 0.247. The molecule has 1 aliphatic heterocycles. The number of hydrogen-bond donors (Lipinski definition) is 2. The van der Waals surface area contributed by atoms with Gasteiger partial charge >= 0.3 is 0 Å². The Morgan fingerprint density at radius 2 is 2.00 bits per heavy atom. The minimum Gasteiger partial charge on any atom is -0.356 e. The summed E-state index contributed by atoms with van der Waals surface area (Å²) in [6.07, 6.45) is 9.01. The Bertz CT molecular complexity index is 693. The molecule has 3 rings (SSSR count). The molecule has 0 radical (unpaired) electrons. The molecule has 0 aromatic carbocycles. The zero-order chi connectivity index (χ0) is 20.6. The second kappa shape index (κ2) is 10.6. The summed E-state index contributed by atoms with van der Waals surface area (Å²) in [7, 11) is 1.96. The Morgan fingerprint density at radius 3 is 2.69 bits per heavy atom. The maximum atomic E-state index is 12.8. The number of guanidine groups is 1. The number of rotatable bonds is 7. The maximum Gasteiger partial charge on any atom is 0.225 e. The van der Waals surface area contributed by atoms with Crippen molar-refractivity contribution in [3.05, 3.63) is 11.6 Å². The van der Waals surface area contributed by atoms with Gasteiger partial charge in [-0.05, 0) is 32.6 Å². The van der Waals surface area contributed by atoms with Gasteiger partial charge in [0.25, 0.3) is 0 Å². The van der Waals surface area contributed by atoms with Gasteiger partial charge in [-0.2, -0.15) is 0 Å². The van der Waals surface area contributed by atoms with Crippen LogP contribution in [0.3, 0.4) is 0 Å². The lowest BCUT2D eigenvalue weighted by Gasteiger charge is -2.26. The third-order valence-electron chi connectivity index (χ3n) is 6.18. The summed E-state index contributed by atoms with van der Waals surface area (Å²) >= 11 is 0. The number of amides is 1. The lowest BCUT2D eigenvalue weighted by Crippen LogP contribution is -2.46. The van der Waals surface area contributed by atoms with E-state index in [1.165, 1.54) is 19.3 Å². The molecule has 2 fully saturated rings. The fraction of sp³-hybridized carbons (Fsp3) is 0.810. The quantitative estimate of drug-likeness (QED) is 0.414. The molecule has 2 heterocycles. The Hall–Kier alpha value is -2.12. The van der Waals surface area contributed by atoms with Crippen molar-refractivity contribution < 1.29 is 4.79 Å². The smallest absolute Gasteiger partial charge is 0.225 e. The van der Waals surface area contributed by atoms with Gasteiger partial charge in [-0.3, -0.25) is 4.79 Å². The predicted molar refractivity (Wildman–Crippen MR) is 114 cm³/mol. The highest BCUT2D eigenvalue weighted by Gasteiger charge is 2.31. The van der Waals surface area contributed by atoms with E-state index in [-0.39, 0.29) is 12.0 Å². The summed E-state index contributed by atoms with van der Waals surface area (Å²) in [5, 5.41) is 15.3. The van der Waals surface area contributed by atoms with Gasteiger partial charge in [0.15, 0.2) is 11.8 Å². The van der Waals surface area contributed by atoms with Gasteiger partial charge in [-0.15, -0.1) is 10.2 Å². The van der Waals surface area contributed by atoms with Gasteiger partial charge in [0.1, 0.15) is 12.4 Å². The van der Waals surface area contributed by atoms with Crippen molar-refractivity contribution in [3.8, 4) is 0 Å². The second-order valence-electron chi connectivity index (χ2n) is 8.42. The van der Waals surface area contributed by atoms with E-state index in [2.05, 4.69) is 32.7 Å².